The summed E-state index contributed by atoms with van der Waals surface area (Å²) in [5.41, 5.74) is 1.06. The van der Waals surface area contributed by atoms with E-state index >= 15 is 0 Å². The van der Waals surface area contributed by atoms with Crippen molar-refractivity contribution in [3.05, 3.63) is 70.9 Å². The second kappa shape index (κ2) is 7.81. The van der Waals surface area contributed by atoms with Gasteiger partial charge in [-0.15, -0.1) is 11.3 Å². The van der Waals surface area contributed by atoms with E-state index in [0.717, 1.165) is 11.3 Å². The van der Waals surface area contributed by atoms with Crippen LogP contribution < -0.4 is 14.4 Å². The standard InChI is InChI=1S/C19H18N2O4S2/c1-21(14-8-4-3-5-9-14)27(23,24)15-12-18(26-13-15)19(22)20-16-10-6-7-11-17(16)25-2/h3-13H,1-2H3,(H,20,22). The van der Waals surface area contributed by atoms with Crippen molar-refractivity contribution in [1.29, 1.82) is 0 Å². The van der Waals surface area contributed by atoms with Gasteiger partial charge in [-0.3, -0.25) is 9.10 Å². The minimum Gasteiger partial charge on any atom is -0.495 e. The maximum absolute atomic E-state index is 12.8. The molecule has 0 radical (unpaired) electrons. The normalized spacial score (nSPS) is 11.0. The van der Waals surface area contributed by atoms with Crippen molar-refractivity contribution in [2.24, 2.45) is 0 Å². The van der Waals surface area contributed by atoms with Gasteiger partial charge in [0.15, 0.2) is 0 Å². The summed E-state index contributed by atoms with van der Waals surface area (Å²) in [6.45, 7) is 0. The van der Waals surface area contributed by atoms with E-state index in [2.05, 4.69) is 5.32 Å². The van der Waals surface area contributed by atoms with Gasteiger partial charge in [-0.2, -0.15) is 0 Å². The average Bonchev–Trinajstić information content (AvgIpc) is 3.20. The van der Waals surface area contributed by atoms with Crippen LogP contribution in [0.4, 0.5) is 11.4 Å². The molecule has 6 nitrogen and oxygen atoms in total. The van der Waals surface area contributed by atoms with Gasteiger partial charge in [0, 0.05) is 12.4 Å². The predicted molar refractivity (Wildman–Crippen MR) is 107 cm³/mol. The van der Waals surface area contributed by atoms with Gasteiger partial charge >= 0.3 is 0 Å². The van der Waals surface area contributed by atoms with Crippen molar-refractivity contribution in [1.82, 2.24) is 0 Å². The van der Waals surface area contributed by atoms with Crippen molar-refractivity contribution in [2.45, 2.75) is 4.90 Å². The van der Waals surface area contributed by atoms with Crippen LogP contribution in [0.5, 0.6) is 5.75 Å². The highest BCUT2D eigenvalue weighted by molar-refractivity contribution is 7.93. The number of benzene rings is 2. The molecule has 0 saturated carbocycles. The van der Waals surface area contributed by atoms with Gasteiger partial charge in [-0.05, 0) is 30.3 Å². The number of carbonyl (C=O) groups excluding carboxylic acids is 1. The summed E-state index contributed by atoms with van der Waals surface area (Å²) in [7, 11) is -0.754. The van der Waals surface area contributed by atoms with Crippen molar-refractivity contribution in [2.75, 3.05) is 23.8 Å². The Morgan fingerprint density at radius 1 is 1.07 bits per heavy atom. The van der Waals surface area contributed by atoms with E-state index in [-0.39, 0.29) is 4.90 Å². The fourth-order valence-corrected chi connectivity index (χ4v) is 4.79. The molecule has 1 aromatic heterocycles. The van der Waals surface area contributed by atoms with Crippen LogP contribution in [0.2, 0.25) is 0 Å². The molecule has 1 heterocycles. The number of hydrogen-bond donors (Lipinski definition) is 1. The summed E-state index contributed by atoms with van der Waals surface area (Å²) in [6.07, 6.45) is 0. The second-order valence-corrected chi connectivity index (χ2v) is 8.49. The van der Waals surface area contributed by atoms with Crippen LogP contribution in [0.25, 0.3) is 0 Å². The summed E-state index contributed by atoms with van der Waals surface area (Å²) in [6, 6.07) is 17.2. The van der Waals surface area contributed by atoms with Crippen LogP contribution in [0.15, 0.2) is 70.9 Å². The molecule has 0 aliphatic heterocycles. The van der Waals surface area contributed by atoms with E-state index in [1.165, 1.54) is 29.9 Å². The number of amides is 1. The number of nitrogens with zero attached hydrogens (tertiary/aromatic N) is 1. The Morgan fingerprint density at radius 2 is 1.74 bits per heavy atom. The van der Waals surface area contributed by atoms with Crippen molar-refractivity contribution in [3.63, 3.8) is 0 Å². The summed E-state index contributed by atoms with van der Waals surface area (Å²) in [5, 5.41) is 4.21. The summed E-state index contributed by atoms with van der Waals surface area (Å²) in [5.74, 6) is 0.132. The fraction of sp³-hybridized carbons (Fsp3) is 0.105. The monoisotopic (exact) mass is 402 g/mol. The van der Waals surface area contributed by atoms with Crippen LogP contribution in [-0.2, 0) is 10.0 Å². The number of carbonyl (C=O) groups is 1. The molecule has 27 heavy (non-hydrogen) atoms. The number of anilines is 2. The first kappa shape index (κ1) is 18.9. The average molecular weight is 402 g/mol. The lowest BCUT2D eigenvalue weighted by molar-refractivity contribution is 0.103. The number of hydrogen-bond acceptors (Lipinski definition) is 5. The molecular weight excluding hydrogens is 384 g/mol. The van der Waals surface area contributed by atoms with Crippen molar-refractivity contribution >= 4 is 38.6 Å². The highest BCUT2D eigenvalue weighted by atomic mass is 32.2. The molecule has 0 bridgehead atoms. The van der Waals surface area contributed by atoms with E-state index < -0.39 is 15.9 Å². The molecule has 0 spiro atoms. The maximum Gasteiger partial charge on any atom is 0.265 e. The smallest absolute Gasteiger partial charge is 0.265 e. The zero-order valence-corrected chi connectivity index (χ0v) is 16.4. The Labute approximate surface area is 162 Å². The van der Waals surface area contributed by atoms with Crippen molar-refractivity contribution < 1.29 is 17.9 Å². The maximum atomic E-state index is 12.8. The van der Waals surface area contributed by atoms with Gasteiger partial charge < -0.3 is 10.1 Å². The van der Waals surface area contributed by atoms with Gasteiger partial charge in [0.1, 0.15) is 5.75 Å². The van der Waals surface area contributed by atoms with E-state index in [9.17, 15) is 13.2 Å². The number of nitrogens with one attached hydrogen (secondary N) is 1. The Balaban J connectivity index is 1.82. The SMILES string of the molecule is COc1ccccc1NC(=O)c1cc(S(=O)(=O)N(C)c2ccccc2)cs1. The largest absolute Gasteiger partial charge is 0.495 e. The molecule has 1 N–H and O–H groups in total. The predicted octanol–water partition coefficient (Wildman–Crippen LogP) is 3.83. The molecular formula is C19H18N2O4S2. The molecule has 0 saturated heterocycles. The topological polar surface area (TPSA) is 75.7 Å². The van der Waals surface area contributed by atoms with E-state index in [0.29, 0.717) is 22.0 Å². The first-order valence-corrected chi connectivity index (χ1v) is 10.3. The summed E-state index contributed by atoms with van der Waals surface area (Å²) >= 11 is 1.07. The van der Waals surface area contributed by atoms with Gasteiger partial charge in [-0.1, -0.05) is 30.3 Å². The lowest BCUT2D eigenvalue weighted by Crippen LogP contribution is -2.26. The zero-order chi connectivity index (χ0) is 19.4. The number of para-hydroxylation sites is 3. The number of rotatable bonds is 6. The summed E-state index contributed by atoms with van der Waals surface area (Å²) in [4.78, 5) is 12.9. The minimum atomic E-state index is -3.75. The first-order valence-electron chi connectivity index (χ1n) is 8.00. The Kier molecular flexibility index (Phi) is 5.48. The third kappa shape index (κ3) is 3.96. The van der Waals surface area contributed by atoms with Gasteiger partial charge in [0.25, 0.3) is 15.9 Å². The molecule has 140 valence electrons. The highest BCUT2D eigenvalue weighted by Gasteiger charge is 2.24. The molecule has 1 amide bonds. The molecule has 2 aromatic carbocycles. The first-order chi connectivity index (χ1) is 12.9. The van der Waals surface area contributed by atoms with Crippen LogP contribution in [0, 0.1) is 0 Å². The molecule has 0 unspecified atom stereocenters. The van der Waals surface area contributed by atoms with Crippen LogP contribution in [0.3, 0.4) is 0 Å². The van der Waals surface area contributed by atoms with Crippen LogP contribution in [0.1, 0.15) is 9.67 Å². The third-order valence-electron chi connectivity index (χ3n) is 3.93. The minimum absolute atomic E-state index is 0.0732. The van der Waals surface area contributed by atoms with E-state index in [1.54, 1.807) is 48.5 Å². The molecule has 0 aliphatic rings. The van der Waals surface area contributed by atoms with Gasteiger partial charge in [0.2, 0.25) is 0 Å². The van der Waals surface area contributed by atoms with Crippen molar-refractivity contribution in [3.8, 4) is 5.75 Å². The summed E-state index contributed by atoms with van der Waals surface area (Å²) < 4.78 is 32.0. The Hall–Kier alpha value is -2.84. The Morgan fingerprint density at radius 3 is 2.44 bits per heavy atom. The van der Waals surface area contributed by atoms with E-state index in [4.69, 9.17) is 4.74 Å². The highest BCUT2D eigenvalue weighted by Crippen LogP contribution is 2.28. The number of ether oxygens (including phenoxy) is 1. The molecule has 0 atom stereocenters. The van der Waals surface area contributed by atoms with Crippen LogP contribution >= 0.6 is 11.3 Å². The second-order valence-electron chi connectivity index (χ2n) is 5.61. The Bertz CT molecular complexity index is 1050. The number of sulfonamides is 1. The zero-order valence-electron chi connectivity index (χ0n) is 14.7. The molecule has 8 heteroatoms. The fourth-order valence-electron chi connectivity index (χ4n) is 2.44. The third-order valence-corrected chi connectivity index (χ3v) is 6.77. The van der Waals surface area contributed by atoms with Gasteiger partial charge in [-0.25, -0.2) is 8.42 Å². The quantitative estimate of drug-likeness (QED) is 0.680. The lowest BCUT2D eigenvalue weighted by atomic mass is 10.3. The molecule has 3 aromatic rings. The molecule has 0 fully saturated rings. The molecule has 3 rings (SSSR count). The van der Waals surface area contributed by atoms with Crippen LogP contribution in [-0.4, -0.2) is 28.5 Å². The lowest BCUT2D eigenvalue weighted by Gasteiger charge is -2.18. The van der Waals surface area contributed by atoms with E-state index in [1.807, 2.05) is 6.07 Å². The van der Waals surface area contributed by atoms with Gasteiger partial charge in [0.05, 0.1) is 28.3 Å². The number of thiophene rings is 1. The number of methoxy groups -OCH3 is 1. The molecule has 0 aliphatic carbocycles.